The predicted molar refractivity (Wildman–Crippen MR) is 62.8 cm³/mol. The van der Waals surface area contributed by atoms with Gasteiger partial charge in [0.05, 0.1) is 0 Å². The van der Waals surface area contributed by atoms with Crippen LogP contribution < -0.4 is 4.90 Å². The minimum atomic E-state index is 0.187. The van der Waals surface area contributed by atoms with Gasteiger partial charge in [-0.25, -0.2) is 0 Å². The Kier molecular flexibility index (Phi) is 3.61. The summed E-state index contributed by atoms with van der Waals surface area (Å²) < 4.78 is 5.07. The Balaban J connectivity index is 1.82. The smallest absolute Gasteiger partial charge is 0.265 e. The van der Waals surface area contributed by atoms with Gasteiger partial charge in [0.1, 0.15) is 0 Å². The van der Waals surface area contributed by atoms with E-state index < -0.39 is 0 Å². The van der Waals surface area contributed by atoms with E-state index >= 15 is 0 Å². The Morgan fingerprint density at radius 2 is 2.12 bits per heavy atom. The lowest BCUT2D eigenvalue weighted by atomic mass is 10.3. The molecule has 2 heterocycles. The maximum absolute atomic E-state index is 11.8. The van der Waals surface area contributed by atoms with E-state index in [1.54, 1.807) is 4.90 Å². The van der Waals surface area contributed by atoms with Gasteiger partial charge < -0.3 is 14.3 Å². The number of aromatic nitrogens is 2. The van der Waals surface area contributed by atoms with Crippen LogP contribution >= 0.6 is 0 Å². The van der Waals surface area contributed by atoms with E-state index in [9.17, 15) is 4.79 Å². The van der Waals surface area contributed by atoms with E-state index in [0.717, 1.165) is 25.9 Å². The first-order chi connectivity index (χ1) is 8.16. The van der Waals surface area contributed by atoms with Gasteiger partial charge in [0, 0.05) is 40.0 Å². The Morgan fingerprint density at radius 1 is 1.41 bits per heavy atom. The van der Waals surface area contributed by atoms with Crippen molar-refractivity contribution in [2.75, 3.05) is 32.1 Å². The molecule has 0 bridgehead atoms. The maximum atomic E-state index is 11.8. The summed E-state index contributed by atoms with van der Waals surface area (Å²) in [5, 5.41) is 3.81. The Hall–Kier alpha value is -1.59. The van der Waals surface area contributed by atoms with Gasteiger partial charge >= 0.3 is 0 Å². The molecule has 1 aliphatic heterocycles. The molecule has 0 saturated carbocycles. The number of hydrogen-bond donors (Lipinski definition) is 0. The minimum absolute atomic E-state index is 0.187. The van der Waals surface area contributed by atoms with Crippen LogP contribution in [0.1, 0.15) is 25.2 Å². The van der Waals surface area contributed by atoms with E-state index in [1.165, 1.54) is 0 Å². The molecule has 1 saturated heterocycles. The highest BCUT2D eigenvalue weighted by Crippen LogP contribution is 2.12. The molecule has 1 aromatic heterocycles. The topological polar surface area (TPSA) is 62.5 Å². The highest BCUT2D eigenvalue weighted by molar-refractivity contribution is 5.76. The summed E-state index contributed by atoms with van der Waals surface area (Å²) in [4.78, 5) is 19.6. The number of anilines is 1. The van der Waals surface area contributed by atoms with Crippen LogP contribution in [0, 0.1) is 0 Å². The summed E-state index contributed by atoms with van der Waals surface area (Å²) in [6.07, 6.45) is 3.22. The quantitative estimate of drug-likeness (QED) is 0.772. The third-order valence-corrected chi connectivity index (χ3v) is 2.87. The van der Waals surface area contributed by atoms with Crippen molar-refractivity contribution in [2.24, 2.45) is 0 Å². The van der Waals surface area contributed by atoms with Gasteiger partial charge in [-0.05, 0) is 18.0 Å². The number of amides is 1. The van der Waals surface area contributed by atoms with Gasteiger partial charge in [0.2, 0.25) is 11.8 Å². The molecule has 1 aromatic rings. The first-order valence-corrected chi connectivity index (χ1v) is 5.94. The second-order valence-electron chi connectivity index (χ2n) is 4.47. The van der Waals surface area contributed by atoms with Gasteiger partial charge in [0.15, 0.2) is 0 Å². The van der Waals surface area contributed by atoms with Gasteiger partial charge in [-0.3, -0.25) is 4.79 Å². The SMILES string of the molecule is CN(C)c1noc(CCC(=O)N2CCCC2)n1. The molecule has 1 amide bonds. The van der Waals surface area contributed by atoms with Gasteiger partial charge in [0.25, 0.3) is 5.95 Å². The molecule has 94 valence electrons. The summed E-state index contributed by atoms with van der Waals surface area (Å²) in [6, 6.07) is 0. The number of hydrogen-bond acceptors (Lipinski definition) is 5. The molecule has 0 radical (unpaired) electrons. The molecule has 0 unspecified atom stereocenters. The van der Waals surface area contributed by atoms with Crippen LogP contribution in [0.5, 0.6) is 0 Å². The molecule has 17 heavy (non-hydrogen) atoms. The Bertz CT molecular complexity index is 383. The Labute approximate surface area is 101 Å². The molecule has 6 heteroatoms. The standard InChI is InChI=1S/C11H18N4O2/c1-14(2)11-12-9(17-13-11)5-6-10(16)15-7-3-4-8-15/h3-8H2,1-2H3. The van der Waals surface area contributed by atoms with Crippen LogP contribution in [-0.4, -0.2) is 48.1 Å². The monoisotopic (exact) mass is 238 g/mol. The lowest BCUT2D eigenvalue weighted by Gasteiger charge is -2.13. The summed E-state index contributed by atoms with van der Waals surface area (Å²) in [6.45, 7) is 1.79. The number of likely N-dealkylation sites (tertiary alicyclic amines) is 1. The molecule has 6 nitrogen and oxygen atoms in total. The number of aryl methyl sites for hydroxylation is 1. The molecular weight excluding hydrogens is 220 g/mol. The molecule has 0 aliphatic carbocycles. The lowest BCUT2D eigenvalue weighted by Crippen LogP contribution is -2.27. The fourth-order valence-electron chi connectivity index (χ4n) is 1.87. The first-order valence-electron chi connectivity index (χ1n) is 5.94. The molecule has 1 fully saturated rings. The van der Waals surface area contributed by atoms with Crippen LogP contribution in [-0.2, 0) is 11.2 Å². The van der Waals surface area contributed by atoms with E-state index in [1.807, 2.05) is 19.0 Å². The minimum Gasteiger partial charge on any atom is -0.344 e. The second kappa shape index (κ2) is 5.16. The van der Waals surface area contributed by atoms with Crippen LogP contribution in [0.3, 0.4) is 0 Å². The van der Waals surface area contributed by atoms with Crippen LogP contribution in [0.2, 0.25) is 0 Å². The second-order valence-corrected chi connectivity index (χ2v) is 4.47. The van der Waals surface area contributed by atoms with Crippen molar-refractivity contribution in [1.82, 2.24) is 15.0 Å². The fourth-order valence-corrected chi connectivity index (χ4v) is 1.87. The van der Waals surface area contributed by atoms with Crippen molar-refractivity contribution in [3.63, 3.8) is 0 Å². The summed E-state index contributed by atoms with van der Waals surface area (Å²) >= 11 is 0. The Morgan fingerprint density at radius 3 is 2.71 bits per heavy atom. The number of nitrogens with zero attached hydrogens (tertiary/aromatic N) is 4. The molecule has 0 spiro atoms. The highest BCUT2D eigenvalue weighted by Gasteiger charge is 2.18. The van der Waals surface area contributed by atoms with Crippen molar-refractivity contribution in [1.29, 1.82) is 0 Å². The van der Waals surface area contributed by atoms with Crippen LogP contribution in [0.15, 0.2) is 4.52 Å². The van der Waals surface area contributed by atoms with Crippen molar-refractivity contribution in [3.8, 4) is 0 Å². The third kappa shape index (κ3) is 2.95. The maximum Gasteiger partial charge on any atom is 0.265 e. The van der Waals surface area contributed by atoms with Gasteiger partial charge in [-0.15, -0.1) is 0 Å². The van der Waals surface area contributed by atoms with E-state index in [4.69, 9.17) is 4.52 Å². The molecule has 2 rings (SSSR count). The van der Waals surface area contributed by atoms with Crippen molar-refractivity contribution in [2.45, 2.75) is 25.7 Å². The van der Waals surface area contributed by atoms with Gasteiger partial charge in [-0.2, -0.15) is 4.98 Å². The zero-order chi connectivity index (χ0) is 12.3. The third-order valence-electron chi connectivity index (χ3n) is 2.87. The summed E-state index contributed by atoms with van der Waals surface area (Å²) in [7, 11) is 3.70. The van der Waals surface area contributed by atoms with Gasteiger partial charge in [-0.1, -0.05) is 0 Å². The number of rotatable bonds is 4. The normalized spacial score (nSPS) is 15.3. The van der Waals surface area contributed by atoms with Crippen molar-refractivity contribution in [3.05, 3.63) is 5.89 Å². The summed E-state index contributed by atoms with van der Waals surface area (Å²) in [5.41, 5.74) is 0. The molecule has 1 aliphatic rings. The molecular formula is C11H18N4O2. The average molecular weight is 238 g/mol. The molecule has 0 atom stereocenters. The number of carbonyl (C=O) groups excluding carboxylic acids is 1. The van der Waals surface area contributed by atoms with E-state index in [-0.39, 0.29) is 5.91 Å². The highest BCUT2D eigenvalue weighted by atomic mass is 16.5. The van der Waals surface area contributed by atoms with Crippen molar-refractivity contribution < 1.29 is 9.32 Å². The lowest BCUT2D eigenvalue weighted by molar-refractivity contribution is -0.130. The van der Waals surface area contributed by atoms with Crippen molar-refractivity contribution >= 4 is 11.9 Å². The number of carbonyl (C=O) groups is 1. The average Bonchev–Trinajstić information content (AvgIpc) is 2.97. The molecule has 0 aromatic carbocycles. The zero-order valence-corrected chi connectivity index (χ0v) is 10.3. The summed E-state index contributed by atoms with van der Waals surface area (Å²) in [5.74, 6) is 1.27. The van der Waals surface area contributed by atoms with E-state index in [0.29, 0.717) is 24.7 Å². The van der Waals surface area contributed by atoms with E-state index in [2.05, 4.69) is 10.1 Å². The fraction of sp³-hybridized carbons (Fsp3) is 0.727. The van der Waals surface area contributed by atoms with Crippen LogP contribution in [0.4, 0.5) is 5.95 Å². The first kappa shape index (κ1) is 11.9. The van der Waals surface area contributed by atoms with Crippen LogP contribution in [0.25, 0.3) is 0 Å². The molecule has 0 N–H and O–H groups in total. The predicted octanol–water partition coefficient (Wildman–Crippen LogP) is 0.691. The zero-order valence-electron chi connectivity index (χ0n) is 10.3. The largest absolute Gasteiger partial charge is 0.344 e.